The molecule has 7 nitrogen and oxygen atoms in total. The van der Waals surface area contributed by atoms with Crippen molar-refractivity contribution in [2.45, 2.75) is 6.92 Å². The van der Waals surface area contributed by atoms with E-state index < -0.39 is 5.97 Å². The van der Waals surface area contributed by atoms with Crippen LogP contribution >= 0.6 is 0 Å². The van der Waals surface area contributed by atoms with Crippen molar-refractivity contribution in [3.05, 3.63) is 71.8 Å². The van der Waals surface area contributed by atoms with E-state index in [0.29, 0.717) is 29.9 Å². The summed E-state index contributed by atoms with van der Waals surface area (Å²) in [5, 5.41) is 2.72. The highest BCUT2D eigenvalue weighted by Crippen LogP contribution is 2.16. The van der Waals surface area contributed by atoms with Crippen LogP contribution in [0.1, 0.15) is 17.3 Å². The number of nitrogens with zero attached hydrogens (tertiary/aromatic N) is 2. The minimum Gasteiger partial charge on any atom is -0.465 e. The Morgan fingerprint density at radius 3 is 2.17 bits per heavy atom. The summed E-state index contributed by atoms with van der Waals surface area (Å²) >= 11 is 0. The van der Waals surface area contributed by atoms with Crippen LogP contribution in [0.5, 0.6) is 0 Å². The van der Waals surface area contributed by atoms with Crippen LogP contribution < -0.4 is 10.2 Å². The average molecular weight is 407 g/mol. The standard InChI is InChI=1S/C23H25N3O4/c1-17(22(28)24-19-10-8-18(9-11-19)23(29)30-2)16-21(27)26-14-12-25(13-15-26)20-6-4-3-5-7-20/h3-11,16H,12-15H2,1-2H3,(H,24,28)/b17-16+. The maximum atomic E-state index is 12.6. The van der Waals surface area contributed by atoms with Crippen LogP contribution in [-0.4, -0.2) is 56.0 Å². The molecule has 0 saturated carbocycles. The molecular formula is C23H25N3O4. The molecule has 0 atom stereocenters. The van der Waals surface area contributed by atoms with E-state index in [0.717, 1.165) is 18.8 Å². The third-order valence-corrected chi connectivity index (χ3v) is 4.97. The molecule has 0 bridgehead atoms. The zero-order valence-corrected chi connectivity index (χ0v) is 17.1. The molecule has 1 saturated heterocycles. The molecule has 30 heavy (non-hydrogen) atoms. The van der Waals surface area contributed by atoms with Crippen LogP contribution in [-0.2, 0) is 14.3 Å². The van der Waals surface area contributed by atoms with Crippen molar-refractivity contribution in [3.8, 4) is 0 Å². The SMILES string of the molecule is COC(=O)c1ccc(NC(=O)/C(C)=C/C(=O)N2CCN(c3ccccc3)CC2)cc1. The van der Waals surface area contributed by atoms with E-state index in [1.807, 2.05) is 18.2 Å². The van der Waals surface area contributed by atoms with E-state index in [9.17, 15) is 14.4 Å². The number of esters is 1. The molecule has 0 unspecified atom stereocenters. The fourth-order valence-electron chi connectivity index (χ4n) is 3.20. The molecule has 1 heterocycles. The van der Waals surface area contributed by atoms with E-state index in [4.69, 9.17) is 0 Å². The first-order chi connectivity index (χ1) is 14.5. The molecule has 2 aromatic rings. The third kappa shape index (κ3) is 5.26. The molecule has 1 N–H and O–H groups in total. The van der Waals surface area contributed by atoms with Gasteiger partial charge in [0.2, 0.25) is 5.91 Å². The number of anilines is 2. The van der Waals surface area contributed by atoms with E-state index in [1.165, 1.54) is 13.2 Å². The number of para-hydroxylation sites is 1. The Hall–Kier alpha value is -3.61. The molecule has 0 aliphatic carbocycles. The number of amides is 2. The fraction of sp³-hybridized carbons (Fsp3) is 0.261. The second-order valence-corrected chi connectivity index (χ2v) is 7.00. The number of methoxy groups -OCH3 is 1. The first-order valence-corrected chi connectivity index (χ1v) is 9.75. The van der Waals surface area contributed by atoms with Gasteiger partial charge in [-0.05, 0) is 43.3 Å². The van der Waals surface area contributed by atoms with Gasteiger partial charge in [0.05, 0.1) is 12.7 Å². The Morgan fingerprint density at radius 2 is 1.57 bits per heavy atom. The topological polar surface area (TPSA) is 78.9 Å². The van der Waals surface area contributed by atoms with Crippen molar-refractivity contribution in [2.24, 2.45) is 0 Å². The molecule has 156 valence electrons. The molecule has 0 radical (unpaired) electrons. The summed E-state index contributed by atoms with van der Waals surface area (Å²) in [7, 11) is 1.31. The molecule has 1 aliphatic heterocycles. The van der Waals surface area contributed by atoms with Crippen LogP contribution in [0.2, 0.25) is 0 Å². The number of benzene rings is 2. The van der Waals surface area contributed by atoms with Crippen molar-refractivity contribution < 1.29 is 19.1 Å². The highest BCUT2D eigenvalue weighted by atomic mass is 16.5. The predicted octanol–water partition coefficient (Wildman–Crippen LogP) is 2.71. The second-order valence-electron chi connectivity index (χ2n) is 7.00. The van der Waals surface area contributed by atoms with Gasteiger partial charge < -0.3 is 19.9 Å². The van der Waals surface area contributed by atoms with E-state index >= 15 is 0 Å². The molecule has 1 fully saturated rings. The van der Waals surface area contributed by atoms with Gasteiger partial charge in [-0.1, -0.05) is 18.2 Å². The van der Waals surface area contributed by atoms with Crippen molar-refractivity contribution in [2.75, 3.05) is 43.5 Å². The van der Waals surface area contributed by atoms with Crippen molar-refractivity contribution in [1.82, 2.24) is 4.90 Å². The Morgan fingerprint density at radius 1 is 0.933 bits per heavy atom. The molecule has 2 amide bonds. The summed E-state index contributed by atoms with van der Waals surface area (Å²) in [5.74, 6) is -0.976. The lowest BCUT2D eigenvalue weighted by molar-refractivity contribution is -0.126. The molecule has 0 spiro atoms. The smallest absolute Gasteiger partial charge is 0.337 e. The van der Waals surface area contributed by atoms with Gasteiger partial charge in [-0.3, -0.25) is 9.59 Å². The molecule has 3 rings (SSSR count). The van der Waals surface area contributed by atoms with Gasteiger partial charge in [0.1, 0.15) is 0 Å². The van der Waals surface area contributed by atoms with Gasteiger partial charge in [-0.2, -0.15) is 0 Å². The van der Waals surface area contributed by atoms with Gasteiger partial charge in [-0.15, -0.1) is 0 Å². The first kappa shape index (κ1) is 21.1. The summed E-state index contributed by atoms with van der Waals surface area (Å²) < 4.78 is 4.65. The lowest BCUT2D eigenvalue weighted by atomic mass is 10.2. The maximum absolute atomic E-state index is 12.6. The Bertz CT molecular complexity index is 931. The average Bonchev–Trinajstić information content (AvgIpc) is 2.79. The zero-order chi connectivity index (χ0) is 21.5. The minimum atomic E-state index is -0.443. The summed E-state index contributed by atoms with van der Waals surface area (Å²) in [5.41, 5.74) is 2.40. The van der Waals surface area contributed by atoms with Crippen LogP contribution in [0.4, 0.5) is 11.4 Å². The van der Waals surface area contributed by atoms with Crippen LogP contribution in [0.15, 0.2) is 66.2 Å². The number of piperazine rings is 1. The van der Waals surface area contributed by atoms with Gasteiger partial charge in [0.25, 0.3) is 5.91 Å². The summed E-state index contributed by atoms with van der Waals surface area (Å²) in [6.07, 6.45) is 1.37. The molecular weight excluding hydrogens is 382 g/mol. The van der Waals surface area contributed by atoms with Crippen LogP contribution in [0.25, 0.3) is 0 Å². The second kappa shape index (κ2) is 9.73. The number of carbonyl (C=O) groups is 3. The van der Waals surface area contributed by atoms with Crippen molar-refractivity contribution in [3.63, 3.8) is 0 Å². The number of hydrogen-bond acceptors (Lipinski definition) is 5. The quantitative estimate of drug-likeness (QED) is 0.609. The highest BCUT2D eigenvalue weighted by Gasteiger charge is 2.20. The van der Waals surface area contributed by atoms with Gasteiger partial charge >= 0.3 is 5.97 Å². The van der Waals surface area contributed by atoms with E-state index in [1.54, 1.807) is 36.1 Å². The molecule has 7 heteroatoms. The number of ether oxygens (including phenoxy) is 1. The predicted molar refractivity (Wildman–Crippen MR) is 115 cm³/mol. The zero-order valence-electron chi connectivity index (χ0n) is 17.1. The normalized spacial score (nSPS) is 14.3. The number of carbonyl (C=O) groups excluding carboxylic acids is 3. The summed E-state index contributed by atoms with van der Waals surface area (Å²) in [4.78, 5) is 40.4. The fourth-order valence-corrected chi connectivity index (χ4v) is 3.20. The Labute approximate surface area is 175 Å². The van der Waals surface area contributed by atoms with Crippen molar-refractivity contribution in [1.29, 1.82) is 0 Å². The van der Waals surface area contributed by atoms with Crippen LogP contribution in [0.3, 0.4) is 0 Å². The number of nitrogens with one attached hydrogen (secondary N) is 1. The van der Waals surface area contributed by atoms with Crippen molar-refractivity contribution >= 4 is 29.2 Å². The van der Waals surface area contributed by atoms with E-state index in [-0.39, 0.29) is 11.8 Å². The Balaban J connectivity index is 1.54. The van der Waals surface area contributed by atoms with Gasteiger partial charge in [0.15, 0.2) is 0 Å². The monoisotopic (exact) mass is 407 g/mol. The number of rotatable bonds is 5. The molecule has 2 aromatic carbocycles. The third-order valence-electron chi connectivity index (χ3n) is 4.97. The van der Waals surface area contributed by atoms with Crippen LogP contribution in [0, 0.1) is 0 Å². The first-order valence-electron chi connectivity index (χ1n) is 9.75. The van der Waals surface area contributed by atoms with Gasteiger partial charge in [-0.25, -0.2) is 4.79 Å². The van der Waals surface area contributed by atoms with Gasteiger partial charge in [0, 0.05) is 49.2 Å². The Kier molecular flexibility index (Phi) is 6.85. The van der Waals surface area contributed by atoms with E-state index in [2.05, 4.69) is 27.1 Å². The number of hydrogen-bond donors (Lipinski definition) is 1. The maximum Gasteiger partial charge on any atom is 0.337 e. The highest BCUT2D eigenvalue weighted by molar-refractivity contribution is 6.07. The lowest BCUT2D eigenvalue weighted by Crippen LogP contribution is -2.48. The molecule has 1 aliphatic rings. The summed E-state index contributed by atoms with van der Waals surface area (Å²) in [6.45, 7) is 4.32. The largest absolute Gasteiger partial charge is 0.465 e. The lowest BCUT2D eigenvalue weighted by Gasteiger charge is -2.35. The summed E-state index contributed by atoms with van der Waals surface area (Å²) in [6, 6.07) is 16.5. The molecule has 0 aromatic heterocycles. The minimum absolute atomic E-state index is 0.170.